The van der Waals surface area contributed by atoms with Crippen LogP contribution in [0.4, 0.5) is 10.1 Å². The van der Waals surface area contributed by atoms with Crippen molar-refractivity contribution >= 4 is 23.0 Å². The molecule has 1 aliphatic heterocycles. The van der Waals surface area contributed by atoms with Crippen LogP contribution in [0.3, 0.4) is 0 Å². The number of nitrogens with one attached hydrogen (secondary N) is 3. The van der Waals surface area contributed by atoms with Gasteiger partial charge in [0.1, 0.15) is 5.82 Å². The van der Waals surface area contributed by atoms with Crippen LogP contribution in [0.5, 0.6) is 0 Å². The molecular formula is C16H25FN3S+. The van der Waals surface area contributed by atoms with Gasteiger partial charge >= 0.3 is 0 Å². The first-order valence-electron chi connectivity index (χ1n) is 7.75. The summed E-state index contributed by atoms with van der Waals surface area (Å²) in [5.41, 5.74) is 1.34. The Bertz CT molecular complexity index is 484. The lowest BCUT2D eigenvalue weighted by Gasteiger charge is -2.30. The van der Waals surface area contributed by atoms with Gasteiger partial charge in [-0.15, -0.1) is 0 Å². The van der Waals surface area contributed by atoms with Crippen molar-refractivity contribution in [3.63, 3.8) is 0 Å². The molecule has 0 radical (unpaired) electrons. The zero-order chi connectivity index (χ0) is 15.2. The van der Waals surface area contributed by atoms with Gasteiger partial charge in [0, 0.05) is 24.6 Å². The lowest BCUT2D eigenvalue weighted by molar-refractivity contribution is -0.905. The van der Waals surface area contributed by atoms with Crippen molar-refractivity contribution in [2.45, 2.75) is 39.2 Å². The Kier molecular flexibility index (Phi) is 5.94. The first-order chi connectivity index (χ1) is 10.1. The fourth-order valence-electron chi connectivity index (χ4n) is 2.80. The van der Waals surface area contributed by atoms with Crippen LogP contribution in [0.1, 0.15) is 31.7 Å². The van der Waals surface area contributed by atoms with Crippen LogP contribution < -0.4 is 15.5 Å². The van der Waals surface area contributed by atoms with E-state index in [-0.39, 0.29) is 5.82 Å². The number of halogens is 1. The lowest BCUT2D eigenvalue weighted by Crippen LogP contribution is -3.13. The third-order valence-electron chi connectivity index (χ3n) is 4.06. The van der Waals surface area contributed by atoms with E-state index >= 15 is 0 Å². The highest BCUT2D eigenvalue weighted by Crippen LogP contribution is 2.13. The molecular weight excluding hydrogens is 285 g/mol. The summed E-state index contributed by atoms with van der Waals surface area (Å²) < 4.78 is 13.5. The van der Waals surface area contributed by atoms with Crippen molar-refractivity contribution in [3.8, 4) is 0 Å². The molecule has 3 nitrogen and oxygen atoms in total. The average molecular weight is 310 g/mol. The van der Waals surface area contributed by atoms with E-state index in [1.165, 1.54) is 32.1 Å². The topological polar surface area (TPSA) is 28.5 Å². The fraction of sp³-hybridized carbons (Fsp3) is 0.562. The molecule has 1 aromatic rings. The minimum Gasteiger partial charge on any atom is -0.359 e. The SMILES string of the molecule is CCC[NH+]1CCC(NC(=S)Nc2ccc(C)c(F)c2)CC1. The number of likely N-dealkylation sites (tertiary alicyclic amines) is 1. The molecule has 0 aromatic heterocycles. The van der Waals surface area contributed by atoms with Crippen LogP contribution in [0.25, 0.3) is 0 Å². The number of thiocarbonyl (C=S) groups is 1. The van der Waals surface area contributed by atoms with Crippen LogP contribution in [0, 0.1) is 12.7 Å². The minimum atomic E-state index is -0.209. The van der Waals surface area contributed by atoms with Gasteiger partial charge in [-0.1, -0.05) is 13.0 Å². The number of hydrogen-bond donors (Lipinski definition) is 3. The molecule has 116 valence electrons. The van der Waals surface area contributed by atoms with E-state index < -0.39 is 0 Å². The molecule has 0 atom stereocenters. The summed E-state index contributed by atoms with van der Waals surface area (Å²) >= 11 is 5.32. The number of hydrogen-bond acceptors (Lipinski definition) is 1. The molecule has 0 spiro atoms. The molecule has 5 heteroatoms. The second kappa shape index (κ2) is 7.71. The third-order valence-corrected chi connectivity index (χ3v) is 4.28. The van der Waals surface area contributed by atoms with E-state index in [0.717, 1.165) is 12.8 Å². The summed E-state index contributed by atoms with van der Waals surface area (Å²) in [4.78, 5) is 1.69. The van der Waals surface area contributed by atoms with Gasteiger partial charge in [0.25, 0.3) is 0 Å². The molecule has 0 amide bonds. The van der Waals surface area contributed by atoms with E-state index in [2.05, 4.69) is 17.6 Å². The zero-order valence-electron chi connectivity index (χ0n) is 12.8. The summed E-state index contributed by atoms with van der Waals surface area (Å²) in [6.07, 6.45) is 3.52. The van der Waals surface area contributed by atoms with Crippen molar-refractivity contribution in [2.75, 3.05) is 25.0 Å². The summed E-state index contributed by atoms with van der Waals surface area (Å²) in [5.74, 6) is -0.209. The Morgan fingerprint density at radius 1 is 1.38 bits per heavy atom. The normalized spacial score (nSPS) is 21.9. The molecule has 3 N–H and O–H groups in total. The number of rotatable bonds is 4. The first kappa shape index (κ1) is 16.2. The second-order valence-electron chi connectivity index (χ2n) is 5.84. The van der Waals surface area contributed by atoms with Gasteiger partial charge < -0.3 is 15.5 Å². The summed E-state index contributed by atoms with van der Waals surface area (Å²) in [6, 6.07) is 5.52. The van der Waals surface area contributed by atoms with Gasteiger partial charge in [0.05, 0.1) is 19.6 Å². The van der Waals surface area contributed by atoms with E-state index in [1.54, 1.807) is 17.9 Å². The Morgan fingerprint density at radius 2 is 2.10 bits per heavy atom. The second-order valence-corrected chi connectivity index (χ2v) is 6.24. The van der Waals surface area contributed by atoms with E-state index in [4.69, 9.17) is 12.2 Å². The maximum absolute atomic E-state index is 13.5. The monoisotopic (exact) mass is 310 g/mol. The average Bonchev–Trinajstić information content (AvgIpc) is 2.45. The van der Waals surface area contributed by atoms with Gasteiger partial charge in [-0.3, -0.25) is 0 Å². The highest BCUT2D eigenvalue weighted by atomic mass is 32.1. The Hall–Kier alpha value is -1.20. The van der Waals surface area contributed by atoms with Crippen LogP contribution in [0.15, 0.2) is 18.2 Å². The maximum Gasteiger partial charge on any atom is 0.171 e. The number of benzene rings is 1. The van der Waals surface area contributed by atoms with Crippen LogP contribution in [-0.4, -0.2) is 30.8 Å². The zero-order valence-corrected chi connectivity index (χ0v) is 13.7. The molecule has 1 aliphatic rings. The molecule has 2 rings (SSSR count). The van der Waals surface area contributed by atoms with E-state index in [0.29, 0.717) is 22.4 Å². The highest BCUT2D eigenvalue weighted by Gasteiger charge is 2.21. The molecule has 1 aromatic carbocycles. The number of quaternary nitrogens is 1. The maximum atomic E-state index is 13.5. The van der Waals surface area contributed by atoms with Crippen LogP contribution in [-0.2, 0) is 0 Å². The van der Waals surface area contributed by atoms with Gasteiger partial charge in [-0.25, -0.2) is 4.39 Å². The van der Waals surface area contributed by atoms with Crippen molar-refractivity contribution in [1.82, 2.24) is 5.32 Å². The van der Waals surface area contributed by atoms with Crippen molar-refractivity contribution < 1.29 is 9.29 Å². The largest absolute Gasteiger partial charge is 0.359 e. The Morgan fingerprint density at radius 3 is 2.71 bits per heavy atom. The summed E-state index contributed by atoms with van der Waals surface area (Å²) in [6.45, 7) is 7.65. The first-order valence-corrected chi connectivity index (χ1v) is 8.16. The van der Waals surface area contributed by atoms with Crippen molar-refractivity contribution in [2.24, 2.45) is 0 Å². The summed E-state index contributed by atoms with van der Waals surface area (Å²) in [5, 5.41) is 7.00. The molecule has 1 fully saturated rings. The predicted octanol–water partition coefficient (Wildman–Crippen LogP) is 1.88. The number of piperidine rings is 1. The molecule has 0 saturated carbocycles. The molecule has 0 bridgehead atoms. The molecule has 1 saturated heterocycles. The lowest BCUT2D eigenvalue weighted by atomic mass is 10.1. The van der Waals surface area contributed by atoms with Gasteiger partial charge in [-0.05, 0) is 43.3 Å². The van der Waals surface area contributed by atoms with Crippen LogP contribution in [0.2, 0.25) is 0 Å². The van der Waals surface area contributed by atoms with E-state index in [9.17, 15) is 4.39 Å². The van der Waals surface area contributed by atoms with Gasteiger partial charge in [0.15, 0.2) is 5.11 Å². The fourth-order valence-corrected chi connectivity index (χ4v) is 3.08. The standard InChI is InChI=1S/C16H24FN3S/c1-3-8-20-9-6-13(7-10-20)18-16(21)19-14-5-4-12(2)15(17)11-14/h4-5,11,13H,3,6-10H2,1-2H3,(H2,18,19,21)/p+1. The van der Waals surface area contributed by atoms with Gasteiger partial charge in [-0.2, -0.15) is 0 Å². The van der Waals surface area contributed by atoms with Crippen molar-refractivity contribution in [3.05, 3.63) is 29.6 Å². The minimum absolute atomic E-state index is 0.209. The smallest absolute Gasteiger partial charge is 0.171 e. The number of anilines is 1. The molecule has 1 heterocycles. The molecule has 0 aliphatic carbocycles. The number of aryl methyl sites for hydroxylation is 1. The summed E-state index contributed by atoms with van der Waals surface area (Å²) in [7, 11) is 0. The Balaban J connectivity index is 1.78. The van der Waals surface area contributed by atoms with Crippen LogP contribution >= 0.6 is 12.2 Å². The van der Waals surface area contributed by atoms with Gasteiger partial charge in [0.2, 0.25) is 0 Å². The quantitative estimate of drug-likeness (QED) is 0.742. The third kappa shape index (κ3) is 4.93. The molecule has 0 unspecified atom stereocenters. The Labute approximate surface area is 131 Å². The van der Waals surface area contributed by atoms with Crippen molar-refractivity contribution in [1.29, 1.82) is 0 Å². The molecule has 21 heavy (non-hydrogen) atoms. The highest BCUT2D eigenvalue weighted by molar-refractivity contribution is 7.80. The predicted molar refractivity (Wildman–Crippen MR) is 89.4 cm³/mol. The van der Waals surface area contributed by atoms with E-state index in [1.807, 2.05) is 6.07 Å².